The van der Waals surface area contributed by atoms with Gasteiger partial charge >= 0.3 is 0 Å². The molecule has 0 spiro atoms. The quantitative estimate of drug-likeness (QED) is 0.715. The van der Waals surface area contributed by atoms with Gasteiger partial charge in [-0.2, -0.15) is 0 Å². The van der Waals surface area contributed by atoms with Gasteiger partial charge in [0.2, 0.25) is 0 Å². The van der Waals surface area contributed by atoms with Gasteiger partial charge in [0, 0.05) is 26.7 Å². The predicted octanol–water partition coefficient (Wildman–Crippen LogP) is 1.98. The highest BCUT2D eigenvalue weighted by molar-refractivity contribution is 4.83. The Morgan fingerprint density at radius 3 is 2.54 bits per heavy atom. The second-order valence-electron chi connectivity index (χ2n) is 4.09. The summed E-state index contributed by atoms with van der Waals surface area (Å²) in [5.41, 5.74) is 0. The van der Waals surface area contributed by atoms with E-state index in [1.54, 1.807) is 0 Å². The van der Waals surface area contributed by atoms with Gasteiger partial charge in [-0.25, -0.2) is 0 Å². The number of nitrogens with zero attached hydrogens (tertiary/aromatic N) is 1. The van der Waals surface area contributed by atoms with Gasteiger partial charge in [-0.3, -0.25) is 0 Å². The van der Waals surface area contributed by atoms with Crippen molar-refractivity contribution < 1.29 is 0 Å². The zero-order valence-electron chi connectivity index (χ0n) is 8.92. The largest absolute Gasteiger partial charge is 0.384 e. The van der Waals surface area contributed by atoms with Crippen LogP contribution >= 0.6 is 0 Å². The van der Waals surface area contributed by atoms with Crippen LogP contribution in [-0.4, -0.2) is 31.6 Å². The van der Waals surface area contributed by atoms with E-state index in [9.17, 15) is 0 Å². The van der Waals surface area contributed by atoms with Crippen molar-refractivity contribution in [3.05, 3.63) is 12.3 Å². The Hall–Kier alpha value is -0.500. The van der Waals surface area contributed by atoms with Crippen molar-refractivity contribution >= 4 is 0 Å². The van der Waals surface area contributed by atoms with Gasteiger partial charge in [0.25, 0.3) is 0 Å². The Morgan fingerprint density at radius 2 is 1.92 bits per heavy atom. The third-order valence-electron chi connectivity index (χ3n) is 2.53. The predicted molar refractivity (Wildman–Crippen MR) is 57.7 cm³/mol. The lowest BCUT2D eigenvalue weighted by Gasteiger charge is -2.22. The van der Waals surface area contributed by atoms with Crippen molar-refractivity contribution in [3.8, 4) is 0 Å². The highest BCUT2D eigenvalue weighted by Crippen LogP contribution is 2.16. The molecule has 1 saturated carbocycles. The molecule has 0 bridgehead atoms. The Kier molecular flexibility index (Phi) is 4.91. The molecule has 0 atom stereocenters. The van der Waals surface area contributed by atoms with Gasteiger partial charge in [-0.1, -0.05) is 25.3 Å². The SMILES string of the molecule is CN(C)C=CCNC1CCCCC1. The molecule has 1 fully saturated rings. The van der Waals surface area contributed by atoms with E-state index < -0.39 is 0 Å². The molecule has 0 aromatic rings. The molecule has 0 aromatic heterocycles. The van der Waals surface area contributed by atoms with Crippen LogP contribution in [0.3, 0.4) is 0 Å². The molecule has 1 aliphatic carbocycles. The standard InChI is InChI=1S/C11H22N2/c1-13(2)10-6-9-12-11-7-4-3-5-8-11/h6,10-12H,3-5,7-9H2,1-2H3. The highest BCUT2D eigenvalue weighted by Gasteiger charge is 2.10. The lowest BCUT2D eigenvalue weighted by Crippen LogP contribution is -2.31. The molecular formula is C11H22N2. The van der Waals surface area contributed by atoms with Crippen molar-refractivity contribution in [2.24, 2.45) is 0 Å². The van der Waals surface area contributed by atoms with E-state index in [0.717, 1.165) is 12.6 Å². The van der Waals surface area contributed by atoms with Gasteiger partial charge < -0.3 is 10.2 Å². The van der Waals surface area contributed by atoms with E-state index in [1.165, 1.54) is 32.1 Å². The summed E-state index contributed by atoms with van der Waals surface area (Å²) in [7, 11) is 4.11. The first kappa shape index (κ1) is 10.6. The van der Waals surface area contributed by atoms with Crippen molar-refractivity contribution in [1.29, 1.82) is 0 Å². The summed E-state index contributed by atoms with van der Waals surface area (Å²) >= 11 is 0. The zero-order chi connectivity index (χ0) is 9.52. The molecular weight excluding hydrogens is 160 g/mol. The summed E-state index contributed by atoms with van der Waals surface area (Å²) in [5, 5.41) is 3.56. The van der Waals surface area contributed by atoms with Crippen molar-refractivity contribution in [2.75, 3.05) is 20.6 Å². The maximum absolute atomic E-state index is 3.56. The minimum Gasteiger partial charge on any atom is -0.384 e. The molecule has 1 aliphatic rings. The number of hydrogen-bond donors (Lipinski definition) is 1. The fraction of sp³-hybridized carbons (Fsp3) is 0.818. The van der Waals surface area contributed by atoms with Crippen LogP contribution in [0.25, 0.3) is 0 Å². The van der Waals surface area contributed by atoms with Gasteiger partial charge in [0.05, 0.1) is 0 Å². The molecule has 76 valence electrons. The molecule has 2 nitrogen and oxygen atoms in total. The molecule has 0 aromatic carbocycles. The van der Waals surface area contributed by atoms with E-state index in [2.05, 4.69) is 36.6 Å². The van der Waals surface area contributed by atoms with E-state index in [4.69, 9.17) is 0 Å². The summed E-state index contributed by atoms with van der Waals surface area (Å²) in [6.07, 6.45) is 11.3. The average molecular weight is 182 g/mol. The van der Waals surface area contributed by atoms with Crippen LogP contribution in [0.4, 0.5) is 0 Å². The smallest absolute Gasteiger partial charge is 0.0154 e. The van der Waals surface area contributed by atoms with Crippen LogP contribution in [0, 0.1) is 0 Å². The maximum atomic E-state index is 3.56. The Bertz CT molecular complexity index is 146. The third kappa shape index (κ3) is 4.94. The third-order valence-corrected chi connectivity index (χ3v) is 2.53. The first-order chi connectivity index (χ1) is 6.29. The van der Waals surface area contributed by atoms with Crippen LogP contribution in [0.15, 0.2) is 12.3 Å². The second kappa shape index (κ2) is 6.03. The van der Waals surface area contributed by atoms with Crippen LogP contribution in [0.5, 0.6) is 0 Å². The van der Waals surface area contributed by atoms with Gasteiger partial charge in [-0.15, -0.1) is 0 Å². The second-order valence-corrected chi connectivity index (χ2v) is 4.09. The van der Waals surface area contributed by atoms with Crippen LogP contribution in [0.1, 0.15) is 32.1 Å². The number of hydrogen-bond acceptors (Lipinski definition) is 2. The molecule has 1 N–H and O–H groups in total. The summed E-state index contributed by atoms with van der Waals surface area (Å²) in [6, 6.07) is 0.778. The molecule has 2 heteroatoms. The molecule has 0 amide bonds. The monoisotopic (exact) mass is 182 g/mol. The first-order valence-electron chi connectivity index (χ1n) is 5.35. The van der Waals surface area contributed by atoms with Crippen LogP contribution < -0.4 is 5.32 Å². The molecule has 0 heterocycles. The molecule has 0 aliphatic heterocycles. The summed E-state index contributed by atoms with van der Waals surface area (Å²) < 4.78 is 0. The Labute approximate surface area is 82.0 Å². The zero-order valence-corrected chi connectivity index (χ0v) is 8.92. The average Bonchev–Trinajstić information content (AvgIpc) is 2.14. The number of nitrogens with one attached hydrogen (secondary N) is 1. The Balaban J connectivity index is 2.04. The fourth-order valence-corrected chi connectivity index (χ4v) is 1.80. The number of rotatable bonds is 4. The van der Waals surface area contributed by atoms with E-state index >= 15 is 0 Å². The summed E-state index contributed by atoms with van der Waals surface area (Å²) in [5.74, 6) is 0. The maximum Gasteiger partial charge on any atom is 0.0154 e. The minimum absolute atomic E-state index is 0.778. The van der Waals surface area contributed by atoms with Gasteiger partial charge in [0.1, 0.15) is 0 Å². The summed E-state index contributed by atoms with van der Waals surface area (Å²) in [4.78, 5) is 2.07. The van der Waals surface area contributed by atoms with Crippen molar-refractivity contribution in [1.82, 2.24) is 10.2 Å². The molecule has 0 unspecified atom stereocenters. The molecule has 1 rings (SSSR count). The van der Waals surface area contributed by atoms with Gasteiger partial charge in [0.15, 0.2) is 0 Å². The topological polar surface area (TPSA) is 15.3 Å². The summed E-state index contributed by atoms with van der Waals surface area (Å²) in [6.45, 7) is 1.02. The first-order valence-corrected chi connectivity index (χ1v) is 5.35. The minimum atomic E-state index is 0.778. The van der Waals surface area contributed by atoms with E-state index in [0.29, 0.717) is 0 Å². The lowest BCUT2D eigenvalue weighted by molar-refractivity contribution is 0.384. The Morgan fingerprint density at radius 1 is 1.23 bits per heavy atom. The van der Waals surface area contributed by atoms with E-state index in [-0.39, 0.29) is 0 Å². The van der Waals surface area contributed by atoms with Crippen molar-refractivity contribution in [3.63, 3.8) is 0 Å². The molecule has 0 radical (unpaired) electrons. The normalized spacial score (nSPS) is 19.5. The van der Waals surface area contributed by atoms with Gasteiger partial charge in [-0.05, 0) is 19.0 Å². The van der Waals surface area contributed by atoms with Crippen molar-refractivity contribution in [2.45, 2.75) is 38.1 Å². The van der Waals surface area contributed by atoms with Crippen LogP contribution in [-0.2, 0) is 0 Å². The molecule has 0 saturated heterocycles. The van der Waals surface area contributed by atoms with Crippen LogP contribution in [0.2, 0.25) is 0 Å². The van der Waals surface area contributed by atoms with E-state index in [1.807, 2.05) is 0 Å². The lowest BCUT2D eigenvalue weighted by atomic mass is 9.95. The molecule has 13 heavy (non-hydrogen) atoms. The highest BCUT2D eigenvalue weighted by atomic mass is 15.0. The fourth-order valence-electron chi connectivity index (χ4n) is 1.80.